The third kappa shape index (κ3) is 6.52. The second-order valence-corrected chi connectivity index (χ2v) is 12.0. The fourth-order valence-corrected chi connectivity index (χ4v) is 6.06. The molecule has 0 amide bonds. The van der Waals surface area contributed by atoms with Gasteiger partial charge in [0.2, 0.25) is 10.0 Å². The molecule has 1 heterocycles. The zero-order valence-corrected chi connectivity index (χ0v) is 23.9. The van der Waals surface area contributed by atoms with Crippen molar-refractivity contribution in [2.24, 2.45) is 5.14 Å². The molecule has 0 radical (unpaired) electrons. The molecule has 1 aliphatic heterocycles. The zero-order valence-electron chi connectivity index (χ0n) is 22.3. The first-order chi connectivity index (χ1) is 19.9. The number of hydrogen-bond acceptors (Lipinski definition) is 5. The molecule has 2 N–H and O–H groups in total. The van der Waals surface area contributed by atoms with Gasteiger partial charge in [-0.3, -0.25) is 9.69 Å². The highest BCUT2D eigenvalue weighted by Gasteiger charge is 2.38. The Morgan fingerprint density at radius 3 is 2.10 bits per heavy atom. The predicted molar refractivity (Wildman–Crippen MR) is 157 cm³/mol. The zero-order chi connectivity index (χ0) is 30.1. The van der Waals surface area contributed by atoms with Gasteiger partial charge in [-0.25, -0.2) is 13.6 Å². The normalized spacial score (nSPS) is 14.6. The van der Waals surface area contributed by atoms with Crippen LogP contribution in [-0.2, 0) is 22.7 Å². The van der Waals surface area contributed by atoms with E-state index in [1.807, 2.05) is 36.4 Å². The fraction of sp³-hybridized carbons (Fsp3) is 0.194. The molecule has 4 aromatic carbocycles. The Balaban J connectivity index is 1.29. The summed E-state index contributed by atoms with van der Waals surface area (Å²) in [4.78, 5) is 16.8. The smallest absolute Gasteiger partial charge is 0.369 e. The first kappa shape index (κ1) is 29.8. The molecule has 11 heteroatoms. The molecule has 0 unspecified atom stereocenters. The molecule has 5 rings (SSSR count). The fourth-order valence-electron chi connectivity index (χ4n) is 5.18. The van der Waals surface area contributed by atoms with Crippen molar-refractivity contribution in [1.82, 2.24) is 4.90 Å². The number of benzene rings is 4. The molecule has 1 saturated heterocycles. The van der Waals surface area contributed by atoms with E-state index in [-0.39, 0.29) is 5.56 Å². The van der Waals surface area contributed by atoms with Crippen LogP contribution in [0.2, 0.25) is 5.02 Å². The van der Waals surface area contributed by atoms with Crippen LogP contribution in [0.15, 0.2) is 95.9 Å². The highest BCUT2D eigenvalue weighted by molar-refractivity contribution is 7.89. The van der Waals surface area contributed by atoms with Gasteiger partial charge < -0.3 is 4.90 Å². The van der Waals surface area contributed by atoms with Gasteiger partial charge in [-0.05, 0) is 65.2 Å². The minimum atomic E-state index is -4.94. The summed E-state index contributed by atoms with van der Waals surface area (Å²) in [6.45, 7) is 3.76. The quantitative estimate of drug-likeness (QED) is 0.250. The molecule has 4 aromatic rings. The van der Waals surface area contributed by atoms with E-state index in [0.717, 1.165) is 48.6 Å². The molecular formula is C31H27ClF3N3O3S. The Bertz CT molecular complexity index is 1700. The van der Waals surface area contributed by atoms with Gasteiger partial charge in [-0.2, -0.15) is 13.2 Å². The Labute approximate surface area is 247 Å². The van der Waals surface area contributed by atoms with E-state index in [2.05, 4.69) is 21.9 Å². The molecule has 0 spiro atoms. The molecule has 0 aromatic heterocycles. The molecule has 0 saturated carbocycles. The first-order valence-corrected chi connectivity index (χ1v) is 15.0. The summed E-state index contributed by atoms with van der Waals surface area (Å²) in [6.07, 6.45) is -4.94. The Hall–Kier alpha value is -3.70. The highest BCUT2D eigenvalue weighted by atomic mass is 35.5. The number of carbonyl (C=O) groups excluding carboxylic acids is 1. The van der Waals surface area contributed by atoms with Gasteiger partial charge >= 0.3 is 6.18 Å². The van der Waals surface area contributed by atoms with Crippen molar-refractivity contribution in [3.8, 4) is 11.1 Å². The number of ketones is 1. The Morgan fingerprint density at radius 2 is 1.48 bits per heavy atom. The van der Waals surface area contributed by atoms with Crippen molar-refractivity contribution in [2.75, 3.05) is 31.1 Å². The lowest BCUT2D eigenvalue weighted by atomic mass is 9.97. The van der Waals surface area contributed by atoms with Crippen LogP contribution in [0.3, 0.4) is 0 Å². The van der Waals surface area contributed by atoms with E-state index < -0.39 is 38.0 Å². The molecule has 0 bridgehead atoms. The first-order valence-electron chi connectivity index (χ1n) is 13.1. The lowest BCUT2D eigenvalue weighted by Crippen LogP contribution is -2.46. The number of sulfonamides is 1. The minimum Gasteiger partial charge on any atom is -0.369 e. The van der Waals surface area contributed by atoms with E-state index >= 15 is 0 Å². The minimum absolute atomic E-state index is 0.0715. The van der Waals surface area contributed by atoms with Crippen LogP contribution in [0.1, 0.15) is 27.0 Å². The summed E-state index contributed by atoms with van der Waals surface area (Å²) in [6, 6.07) is 24.6. The summed E-state index contributed by atoms with van der Waals surface area (Å²) < 4.78 is 65.1. The highest BCUT2D eigenvalue weighted by Crippen LogP contribution is 2.36. The Morgan fingerprint density at radius 1 is 0.833 bits per heavy atom. The lowest BCUT2D eigenvalue weighted by Gasteiger charge is -2.36. The van der Waals surface area contributed by atoms with Gasteiger partial charge in [0.1, 0.15) is 0 Å². The second-order valence-electron chi connectivity index (χ2n) is 10.0. The number of alkyl halides is 3. The number of primary sulfonamides is 1. The van der Waals surface area contributed by atoms with E-state index in [4.69, 9.17) is 16.7 Å². The SMILES string of the molecule is NS(=O)(=O)c1cccc(C(F)(F)F)c1C(=O)c1ccc(N2CCN(Cc3ccccc3-c3ccc(Cl)cc3)CC2)cc1. The van der Waals surface area contributed by atoms with Gasteiger partial charge in [0.25, 0.3) is 0 Å². The molecule has 0 aliphatic carbocycles. The molecule has 1 fully saturated rings. The molecule has 218 valence electrons. The second kappa shape index (κ2) is 11.9. The number of rotatable bonds is 7. The standard InChI is InChI=1S/C31H27ClF3N3O3S/c32-24-12-8-21(9-13-24)26-5-2-1-4-23(26)20-37-16-18-38(19-17-37)25-14-10-22(11-15-25)30(39)29-27(31(33,34)35)6-3-7-28(29)42(36,40)41/h1-15H,16-20H2,(H2,36,40,41). The van der Waals surface area contributed by atoms with Gasteiger partial charge in [-0.1, -0.05) is 54.1 Å². The predicted octanol–water partition coefficient (Wildman–Crippen LogP) is 6.23. The molecule has 1 aliphatic rings. The third-order valence-corrected chi connectivity index (χ3v) is 8.50. The maximum Gasteiger partial charge on any atom is 0.417 e. The molecule has 0 atom stereocenters. The average molecular weight is 614 g/mol. The summed E-state index contributed by atoms with van der Waals surface area (Å²) in [5.41, 5.74) is 1.85. The number of nitrogens with zero attached hydrogens (tertiary/aromatic N) is 2. The van der Waals surface area contributed by atoms with Crippen molar-refractivity contribution in [3.63, 3.8) is 0 Å². The molecule has 6 nitrogen and oxygen atoms in total. The van der Waals surface area contributed by atoms with Crippen LogP contribution in [0.25, 0.3) is 11.1 Å². The summed E-state index contributed by atoms with van der Waals surface area (Å²) >= 11 is 6.06. The summed E-state index contributed by atoms with van der Waals surface area (Å²) in [5, 5.41) is 5.83. The van der Waals surface area contributed by atoms with E-state index in [9.17, 15) is 26.4 Å². The van der Waals surface area contributed by atoms with Gasteiger partial charge in [0, 0.05) is 49.0 Å². The number of hydrogen-bond donors (Lipinski definition) is 1. The van der Waals surface area contributed by atoms with Crippen molar-refractivity contribution in [3.05, 3.63) is 118 Å². The number of nitrogens with two attached hydrogens (primary N) is 1. The van der Waals surface area contributed by atoms with Crippen LogP contribution >= 0.6 is 11.6 Å². The number of piperazine rings is 1. The Kier molecular flexibility index (Phi) is 8.43. The van der Waals surface area contributed by atoms with E-state index in [1.165, 1.54) is 17.7 Å². The van der Waals surface area contributed by atoms with Gasteiger partial charge in [-0.15, -0.1) is 0 Å². The van der Waals surface area contributed by atoms with Crippen LogP contribution < -0.4 is 10.0 Å². The summed E-state index contributed by atoms with van der Waals surface area (Å²) in [7, 11) is -4.58. The van der Waals surface area contributed by atoms with Crippen LogP contribution in [0.5, 0.6) is 0 Å². The number of carbonyl (C=O) groups is 1. The monoisotopic (exact) mass is 613 g/mol. The van der Waals surface area contributed by atoms with E-state index in [0.29, 0.717) is 24.2 Å². The van der Waals surface area contributed by atoms with Crippen LogP contribution in [-0.4, -0.2) is 45.3 Å². The van der Waals surface area contributed by atoms with Crippen LogP contribution in [0, 0.1) is 0 Å². The summed E-state index contributed by atoms with van der Waals surface area (Å²) in [5.74, 6) is -1.07. The van der Waals surface area contributed by atoms with Gasteiger partial charge in [0.05, 0.1) is 16.0 Å². The third-order valence-electron chi connectivity index (χ3n) is 7.30. The topological polar surface area (TPSA) is 83.7 Å². The van der Waals surface area contributed by atoms with Crippen molar-refractivity contribution in [2.45, 2.75) is 17.6 Å². The molecular weight excluding hydrogens is 587 g/mol. The van der Waals surface area contributed by atoms with E-state index in [1.54, 1.807) is 12.1 Å². The maximum atomic E-state index is 13.7. The molecule has 42 heavy (non-hydrogen) atoms. The number of halogens is 4. The average Bonchev–Trinajstić information content (AvgIpc) is 2.97. The maximum absolute atomic E-state index is 13.7. The van der Waals surface area contributed by atoms with Crippen LogP contribution in [0.4, 0.5) is 18.9 Å². The van der Waals surface area contributed by atoms with Crippen molar-refractivity contribution in [1.29, 1.82) is 0 Å². The number of anilines is 1. The lowest BCUT2D eigenvalue weighted by molar-refractivity contribution is -0.138. The van der Waals surface area contributed by atoms with Crippen molar-refractivity contribution < 1.29 is 26.4 Å². The largest absolute Gasteiger partial charge is 0.417 e. The van der Waals surface area contributed by atoms with Gasteiger partial charge in [0.15, 0.2) is 5.78 Å². The van der Waals surface area contributed by atoms with Crippen molar-refractivity contribution >= 4 is 33.1 Å².